The van der Waals surface area contributed by atoms with Crippen molar-refractivity contribution < 1.29 is 16.8 Å². The third-order valence-electron chi connectivity index (χ3n) is 3.35. The van der Waals surface area contributed by atoms with E-state index in [4.69, 9.17) is 11.6 Å². The second-order valence-electron chi connectivity index (χ2n) is 5.27. The van der Waals surface area contributed by atoms with Crippen LogP contribution in [-0.4, -0.2) is 16.8 Å². The first-order valence-corrected chi connectivity index (χ1v) is 12.3. The van der Waals surface area contributed by atoms with Gasteiger partial charge in [-0.2, -0.15) is 0 Å². The van der Waals surface area contributed by atoms with E-state index in [0.717, 1.165) is 11.3 Å². The molecular weight excluding hydrogens is 496 g/mol. The summed E-state index contributed by atoms with van der Waals surface area (Å²) in [6.07, 6.45) is 0. The number of benzene rings is 2. The van der Waals surface area contributed by atoms with Crippen LogP contribution >= 0.6 is 38.9 Å². The van der Waals surface area contributed by atoms with E-state index in [1.807, 2.05) is 0 Å². The van der Waals surface area contributed by atoms with Gasteiger partial charge in [-0.1, -0.05) is 23.7 Å². The van der Waals surface area contributed by atoms with Gasteiger partial charge in [-0.05, 0) is 64.5 Å². The molecule has 0 aliphatic heterocycles. The average molecular weight is 508 g/mol. The fraction of sp³-hybridized carbons (Fsp3) is 0. The van der Waals surface area contributed by atoms with Gasteiger partial charge in [0.05, 0.1) is 19.4 Å². The summed E-state index contributed by atoms with van der Waals surface area (Å²) >= 11 is 10.3. The minimum Gasteiger partial charge on any atom is -0.279 e. The van der Waals surface area contributed by atoms with E-state index >= 15 is 0 Å². The van der Waals surface area contributed by atoms with E-state index < -0.39 is 20.0 Å². The summed E-state index contributed by atoms with van der Waals surface area (Å²) in [7, 11) is -7.60. The van der Waals surface area contributed by atoms with E-state index in [1.165, 1.54) is 30.3 Å². The Kier molecular flexibility index (Phi) is 5.82. The van der Waals surface area contributed by atoms with Crippen LogP contribution in [0.5, 0.6) is 0 Å². The maximum Gasteiger partial charge on any atom is 0.271 e. The van der Waals surface area contributed by atoms with Crippen LogP contribution in [0.3, 0.4) is 0 Å². The molecule has 0 amide bonds. The number of anilines is 2. The van der Waals surface area contributed by atoms with Crippen molar-refractivity contribution >= 4 is 70.3 Å². The third kappa shape index (κ3) is 4.82. The summed E-state index contributed by atoms with van der Waals surface area (Å²) in [6.45, 7) is 0. The molecule has 1 heterocycles. The Labute approximate surface area is 174 Å². The molecule has 6 nitrogen and oxygen atoms in total. The number of hydrogen-bond acceptors (Lipinski definition) is 5. The summed E-state index contributed by atoms with van der Waals surface area (Å²) in [5, 5.41) is 0.271. The summed E-state index contributed by atoms with van der Waals surface area (Å²) in [5.74, 6) is 0. The molecule has 0 fully saturated rings. The molecule has 0 unspecified atom stereocenters. The van der Waals surface area contributed by atoms with E-state index in [1.54, 1.807) is 30.3 Å². The normalized spacial score (nSPS) is 11.9. The first-order chi connectivity index (χ1) is 12.7. The van der Waals surface area contributed by atoms with Crippen molar-refractivity contribution in [3.05, 3.63) is 69.5 Å². The predicted octanol–water partition coefficient (Wildman–Crippen LogP) is 4.77. The summed E-state index contributed by atoms with van der Waals surface area (Å²) in [5.41, 5.74) is 0.503. The standard InChI is InChI=1S/C16H12BrClN2O4S3/c17-15-9-10-16(25-15)27(23,24)19-11-5-7-12(8-6-11)26(21,22)20-14-4-2-1-3-13(14)18/h1-10,19-20H. The third-order valence-corrected chi connectivity index (χ3v) is 8.56. The van der Waals surface area contributed by atoms with Crippen molar-refractivity contribution in [1.82, 2.24) is 0 Å². The van der Waals surface area contributed by atoms with E-state index in [0.29, 0.717) is 3.79 Å². The summed E-state index contributed by atoms with van der Waals surface area (Å²) in [4.78, 5) is -0.0239. The van der Waals surface area contributed by atoms with Gasteiger partial charge in [-0.15, -0.1) is 11.3 Å². The molecule has 0 saturated carbocycles. The van der Waals surface area contributed by atoms with Gasteiger partial charge in [0.2, 0.25) is 0 Å². The lowest BCUT2D eigenvalue weighted by molar-refractivity contribution is 0.600. The molecule has 1 aromatic heterocycles. The first kappa shape index (κ1) is 20.2. The summed E-state index contributed by atoms with van der Waals surface area (Å²) in [6, 6.07) is 14.9. The Bertz CT molecular complexity index is 1180. The van der Waals surface area contributed by atoms with Crippen LogP contribution in [0.25, 0.3) is 0 Å². The molecule has 0 saturated heterocycles. The Balaban J connectivity index is 1.80. The van der Waals surface area contributed by atoms with E-state index in [9.17, 15) is 16.8 Å². The molecule has 27 heavy (non-hydrogen) atoms. The number of hydrogen-bond donors (Lipinski definition) is 2. The number of rotatable bonds is 6. The molecule has 0 aliphatic carbocycles. The topological polar surface area (TPSA) is 92.3 Å². The largest absolute Gasteiger partial charge is 0.279 e. The van der Waals surface area contributed by atoms with Gasteiger partial charge in [-0.3, -0.25) is 9.44 Å². The Morgan fingerprint density at radius 1 is 0.815 bits per heavy atom. The van der Waals surface area contributed by atoms with Gasteiger partial charge in [-0.25, -0.2) is 16.8 Å². The van der Waals surface area contributed by atoms with Crippen molar-refractivity contribution in [2.75, 3.05) is 9.44 Å². The lowest BCUT2D eigenvalue weighted by Crippen LogP contribution is -2.14. The SMILES string of the molecule is O=S(=O)(Nc1ccccc1Cl)c1ccc(NS(=O)(=O)c2ccc(Br)s2)cc1. The molecular formula is C16H12BrClN2O4S3. The Hall–Kier alpha value is -1.59. The zero-order chi connectivity index (χ0) is 19.7. The molecule has 11 heteroatoms. The smallest absolute Gasteiger partial charge is 0.271 e. The van der Waals surface area contributed by atoms with Crippen molar-refractivity contribution in [1.29, 1.82) is 0 Å². The lowest BCUT2D eigenvalue weighted by atomic mass is 10.3. The maximum atomic E-state index is 12.5. The number of nitrogens with one attached hydrogen (secondary N) is 2. The van der Waals surface area contributed by atoms with E-state index in [2.05, 4.69) is 25.4 Å². The number of halogens is 2. The fourth-order valence-electron chi connectivity index (χ4n) is 2.10. The monoisotopic (exact) mass is 506 g/mol. The highest BCUT2D eigenvalue weighted by Crippen LogP contribution is 2.28. The molecule has 3 rings (SSSR count). The maximum absolute atomic E-state index is 12.5. The molecule has 0 bridgehead atoms. The highest BCUT2D eigenvalue weighted by atomic mass is 79.9. The fourth-order valence-corrected chi connectivity index (χ4v) is 6.48. The van der Waals surface area contributed by atoms with Gasteiger partial charge in [0.1, 0.15) is 4.21 Å². The molecule has 3 aromatic rings. The van der Waals surface area contributed by atoms with Crippen LogP contribution in [0.4, 0.5) is 11.4 Å². The van der Waals surface area contributed by atoms with Crippen LogP contribution in [0.1, 0.15) is 0 Å². The number of para-hydroxylation sites is 1. The average Bonchev–Trinajstić information content (AvgIpc) is 3.04. The van der Waals surface area contributed by atoms with Gasteiger partial charge in [0, 0.05) is 5.69 Å². The Morgan fingerprint density at radius 2 is 1.48 bits per heavy atom. The van der Waals surface area contributed by atoms with Crippen LogP contribution < -0.4 is 9.44 Å². The predicted molar refractivity (Wildman–Crippen MR) is 112 cm³/mol. The zero-order valence-electron chi connectivity index (χ0n) is 13.4. The minimum atomic E-state index is -3.86. The van der Waals surface area contributed by atoms with Gasteiger partial charge >= 0.3 is 0 Å². The second-order valence-corrected chi connectivity index (χ2v) is 11.7. The lowest BCUT2D eigenvalue weighted by Gasteiger charge is -2.11. The van der Waals surface area contributed by atoms with Crippen LogP contribution in [0.15, 0.2) is 73.6 Å². The van der Waals surface area contributed by atoms with Crippen molar-refractivity contribution in [2.45, 2.75) is 9.10 Å². The molecule has 2 aromatic carbocycles. The first-order valence-electron chi connectivity index (χ1n) is 7.33. The second kappa shape index (κ2) is 7.80. The summed E-state index contributed by atoms with van der Waals surface area (Å²) < 4.78 is 55.2. The van der Waals surface area contributed by atoms with Crippen molar-refractivity contribution in [3.8, 4) is 0 Å². The molecule has 142 valence electrons. The molecule has 0 spiro atoms. The van der Waals surface area contributed by atoms with Crippen molar-refractivity contribution in [3.63, 3.8) is 0 Å². The van der Waals surface area contributed by atoms with Gasteiger partial charge in [0.15, 0.2) is 0 Å². The van der Waals surface area contributed by atoms with Gasteiger partial charge < -0.3 is 0 Å². The Morgan fingerprint density at radius 3 is 2.07 bits per heavy atom. The van der Waals surface area contributed by atoms with Crippen LogP contribution in [0, 0.1) is 0 Å². The van der Waals surface area contributed by atoms with Crippen LogP contribution in [0.2, 0.25) is 5.02 Å². The van der Waals surface area contributed by atoms with E-state index in [-0.39, 0.29) is 25.5 Å². The minimum absolute atomic E-state index is 0.0239. The number of thiophene rings is 1. The zero-order valence-corrected chi connectivity index (χ0v) is 18.2. The highest BCUT2D eigenvalue weighted by Gasteiger charge is 2.18. The quantitative estimate of drug-likeness (QED) is 0.503. The molecule has 0 aliphatic rings. The highest BCUT2D eigenvalue weighted by molar-refractivity contribution is 9.11. The number of sulfonamides is 2. The van der Waals surface area contributed by atoms with Gasteiger partial charge in [0.25, 0.3) is 20.0 Å². The molecule has 0 radical (unpaired) electrons. The molecule has 2 N–H and O–H groups in total. The van der Waals surface area contributed by atoms with Crippen LogP contribution in [-0.2, 0) is 20.0 Å². The molecule has 0 atom stereocenters. The van der Waals surface area contributed by atoms with Crippen molar-refractivity contribution in [2.24, 2.45) is 0 Å².